The van der Waals surface area contributed by atoms with Crippen molar-refractivity contribution >= 4 is 34.3 Å². The number of piperazine rings is 1. The number of aromatic nitrogens is 2. The molecule has 33 heavy (non-hydrogen) atoms. The highest BCUT2D eigenvalue weighted by Gasteiger charge is 2.31. The molecule has 1 aliphatic heterocycles. The maximum atomic E-state index is 13.1. The van der Waals surface area contributed by atoms with Gasteiger partial charge in [0.15, 0.2) is 0 Å². The van der Waals surface area contributed by atoms with Gasteiger partial charge in [0.2, 0.25) is 0 Å². The molecule has 0 bridgehead atoms. The number of fused-ring (bicyclic) bond motifs is 1. The minimum Gasteiger partial charge on any atom is -0.361 e. The van der Waals surface area contributed by atoms with Crippen LogP contribution in [0.25, 0.3) is 22.2 Å². The van der Waals surface area contributed by atoms with Crippen molar-refractivity contribution in [1.82, 2.24) is 19.8 Å². The van der Waals surface area contributed by atoms with Gasteiger partial charge in [-0.3, -0.25) is 14.6 Å². The number of amides is 2. The number of rotatable bonds is 3. The fraction of sp³-hybridized carbons (Fsp3) is 0.192. The molecule has 0 unspecified atom stereocenters. The molecule has 1 aliphatic rings. The molecule has 1 N–H and O–H groups in total. The van der Waals surface area contributed by atoms with E-state index in [1.165, 1.54) is 0 Å². The highest BCUT2D eigenvalue weighted by molar-refractivity contribution is 6.33. The summed E-state index contributed by atoms with van der Waals surface area (Å²) in [4.78, 5) is 37.4. The average molecular weight is 459 g/mol. The largest absolute Gasteiger partial charge is 0.361 e. The maximum Gasteiger partial charge on any atom is 0.255 e. The molecule has 5 rings (SSSR count). The third kappa shape index (κ3) is 4.10. The molecule has 0 radical (unpaired) electrons. The molecule has 2 amide bonds. The van der Waals surface area contributed by atoms with Crippen LogP contribution in [0.1, 0.15) is 27.6 Å². The van der Waals surface area contributed by atoms with E-state index in [-0.39, 0.29) is 17.9 Å². The van der Waals surface area contributed by atoms with E-state index in [0.29, 0.717) is 35.8 Å². The van der Waals surface area contributed by atoms with Crippen LogP contribution >= 0.6 is 11.6 Å². The van der Waals surface area contributed by atoms with Gasteiger partial charge in [-0.25, -0.2) is 0 Å². The Labute approximate surface area is 196 Å². The molecule has 1 fully saturated rings. The van der Waals surface area contributed by atoms with Crippen molar-refractivity contribution in [2.24, 2.45) is 0 Å². The monoisotopic (exact) mass is 458 g/mol. The fourth-order valence-electron chi connectivity index (χ4n) is 4.32. The summed E-state index contributed by atoms with van der Waals surface area (Å²) in [5, 5.41) is 1.69. The Bertz CT molecular complexity index is 1330. The van der Waals surface area contributed by atoms with Gasteiger partial charge in [0.25, 0.3) is 11.8 Å². The number of nitrogens with zero attached hydrogens (tertiary/aromatic N) is 3. The van der Waals surface area contributed by atoms with Crippen LogP contribution in [0.3, 0.4) is 0 Å². The Kier molecular flexibility index (Phi) is 5.60. The lowest BCUT2D eigenvalue weighted by atomic mass is 10.1. The molecule has 1 atom stereocenters. The number of hydrogen-bond acceptors (Lipinski definition) is 3. The van der Waals surface area contributed by atoms with Crippen LogP contribution in [0.2, 0.25) is 5.02 Å². The number of nitrogens with one attached hydrogen (secondary N) is 1. The summed E-state index contributed by atoms with van der Waals surface area (Å²) in [5.74, 6) is -0.100. The second-order valence-corrected chi connectivity index (χ2v) is 8.70. The van der Waals surface area contributed by atoms with E-state index in [9.17, 15) is 9.59 Å². The van der Waals surface area contributed by atoms with Crippen LogP contribution < -0.4 is 0 Å². The first-order valence-corrected chi connectivity index (χ1v) is 11.3. The number of pyridine rings is 1. The standard InChI is InChI=1S/C26H23ClN4O2/c1-17-16-30(12-13-31(17)26(33)19-7-6-18-10-11-28-24(18)14-19)25(32)20-8-9-23(29-15-20)21-4-2-3-5-22(21)27/h2-11,14-15,17,28H,12-13,16H2,1H3/t17-/m0/s1. The van der Waals surface area contributed by atoms with Gasteiger partial charge in [-0.2, -0.15) is 0 Å². The van der Waals surface area contributed by atoms with E-state index < -0.39 is 0 Å². The summed E-state index contributed by atoms with van der Waals surface area (Å²) in [6.45, 7) is 3.41. The number of aromatic amines is 1. The highest BCUT2D eigenvalue weighted by atomic mass is 35.5. The van der Waals surface area contributed by atoms with Gasteiger partial charge < -0.3 is 14.8 Å². The van der Waals surface area contributed by atoms with Crippen molar-refractivity contribution in [1.29, 1.82) is 0 Å². The van der Waals surface area contributed by atoms with E-state index >= 15 is 0 Å². The maximum absolute atomic E-state index is 13.1. The van der Waals surface area contributed by atoms with E-state index in [1.54, 1.807) is 17.2 Å². The SMILES string of the molecule is C[C@H]1CN(C(=O)c2ccc(-c3ccccc3Cl)nc2)CCN1C(=O)c1ccc2cc[nH]c2c1. The van der Waals surface area contributed by atoms with Crippen molar-refractivity contribution < 1.29 is 9.59 Å². The van der Waals surface area contributed by atoms with E-state index in [1.807, 2.05) is 72.6 Å². The fourth-order valence-corrected chi connectivity index (χ4v) is 4.55. The minimum atomic E-state index is -0.0927. The minimum absolute atomic E-state index is 0.0168. The molecular weight excluding hydrogens is 436 g/mol. The zero-order valence-corrected chi connectivity index (χ0v) is 18.9. The summed E-state index contributed by atoms with van der Waals surface area (Å²) >= 11 is 6.26. The second-order valence-electron chi connectivity index (χ2n) is 8.29. The van der Waals surface area contributed by atoms with Crippen molar-refractivity contribution in [3.05, 3.63) is 89.2 Å². The number of H-pyrrole nitrogens is 1. The molecule has 2 aromatic carbocycles. The van der Waals surface area contributed by atoms with Crippen LogP contribution in [0.15, 0.2) is 73.1 Å². The normalized spacial score (nSPS) is 16.2. The molecule has 2 aromatic heterocycles. The van der Waals surface area contributed by atoms with Gasteiger partial charge in [0.05, 0.1) is 11.3 Å². The molecule has 3 heterocycles. The van der Waals surface area contributed by atoms with Crippen molar-refractivity contribution in [3.8, 4) is 11.3 Å². The molecule has 0 spiro atoms. The summed E-state index contributed by atoms with van der Waals surface area (Å²) in [6.07, 6.45) is 3.45. The molecule has 7 heteroatoms. The van der Waals surface area contributed by atoms with Crippen LogP contribution in [-0.4, -0.2) is 57.3 Å². The third-order valence-electron chi connectivity index (χ3n) is 6.14. The first-order valence-electron chi connectivity index (χ1n) is 10.9. The average Bonchev–Trinajstić information content (AvgIpc) is 3.31. The lowest BCUT2D eigenvalue weighted by Gasteiger charge is -2.40. The molecule has 0 saturated carbocycles. The highest BCUT2D eigenvalue weighted by Crippen LogP contribution is 2.26. The van der Waals surface area contributed by atoms with Gasteiger partial charge >= 0.3 is 0 Å². The Hall–Kier alpha value is -3.64. The number of carbonyl (C=O) groups excluding carboxylic acids is 2. The first-order chi connectivity index (χ1) is 16.0. The summed E-state index contributed by atoms with van der Waals surface area (Å²) in [5.41, 5.74) is 3.66. The number of halogens is 1. The molecule has 6 nitrogen and oxygen atoms in total. The van der Waals surface area contributed by atoms with Crippen molar-refractivity contribution in [3.63, 3.8) is 0 Å². The zero-order valence-electron chi connectivity index (χ0n) is 18.2. The second kappa shape index (κ2) is 8.71. The van der Waals surface area contributed by atoms with Crippen LogP contribution in [0.4, 0.5) is 0 Å². The molecule has 166 valence electrons. The van der Waals surface area contributed by atoms with Crippen molar-refractivity contribution in [2.45, 2.75) is 13.0 Å². The Morgan fingerprint density at radius 2 is 1.82 bits per heavy atom. The van der Waals surface area contributed by atoms with Crippen molar-refractivity contribution in [2.75, 3.05) is 19.6 Å². The predicted molar refractivity (Wildman–Crippen MR) is 129 cm³/mol. The Morgan fingerprint density at radius 1 is 1.00 bits per heavy atom. The summed E-state index contributed by atoms with van der Waals surface area (Å²) < 4.78 is 0. The Morgan fingerprint density at radius 3 is 2.58 bits per heavy atom. The molecular formula is C26H23ClN4O2. The van der Waals surface area contributed by atoms with Gasteiger partial charge in [0, 0.05) is 59.7 Å². The molecule has 1 saturated heterocycles. The van der Waals surface area contributed by atoms with Gasteiger partial charge in [-0.15, -0.1) is 0 Å². The van der Waals surface area contributed by atoms with Gasteiger partial charge in [0.1, 0.15) is 0 Å². The number of benzene rings is 2. The zero-order chi connectivity index (χ0) is 22.9. The summed E-state index contributed by atoms with van der Waals surface area (Å²) in [6, 6.07) is 18.7. The third-order valence-corrected chi connectivity index (χ3v) is 6.47. The predicted octanol–water partition coefficient (Wildman–Crippen LogP) is 4.87. The van der Waals surface area contributed by atoms with Gasteiger partial charge in [-0.05, 0) is 48.7 Å². The van der Waals surface area contributed by atoms with E-state index in [0.717, 1.165) is 22.2 Å². The topological polar surface area (TPSA) is 69.3 Å². The Balaban J connectivity index is 1.27. The number of hydrogen-bond donors (Lipinski definition) is 1. The first kappa shape index (κ1) is 21.2. The van der Waals surface area contributed by atoms with E-state index in [2.05, 4.69) is 9.97 Å². The number of carbonyl (C=O) groups is 2. The molecule has 4 aromatic rings. The lowest BCUT2D eigenvalue weighted by Crippen LogP contribution is -2.55. The van der Waals surface area contributed by atoms with Gasteiger partial charge in [-0.1, -0.05) is 35.9 Å². The lowest BCUT2D eigenvalue weighted by molar-refractivity contribution is 0.0414. The van der Waals surface area contributed by atoms with E-state index in [4.69, 9.17) is 11.6 Å². The molecule has 0 aliphatic carbocycles. The summed E-state index contributed by atoms with van der Waals surface area (Å²) in [7, 11) is 0. The van der Waals surface area contributed by atoms with Crippen LogP contribution in [0.5, 0.6) is 0 Å². The van der Waals surface area contributed by atoms with Crippen LogP contribution in [-0.2, 0) is 0 Å². The smallest absolute Gasteiger partial charge is 0.255 e. The van der Waals surface area contributed by atoms with Crippen LogP contribution in [0, 0.1) is 0 Å². The quantitative estimate of drug-likeness (QED) is 0.476.